The quantitative estimate of drug-likeness (QED) is 0.827. The van der Waals surface area contributed by atoms with Gasteiger partial charge in [-0.15, -0.1) is 11.3 Å². The molecule has 0 atom stereocenters. The molecule has 0 aliphatic heterocycles. The first-order valence-electron chi connectivity index (χ1n) is 5.75. The second kappa shape index (κ2) is 5.65. The fourth-order valence-electron chi connectivity index (χ4n) is 1.72. The number of carbonyl (C=O) groups is 1. The fraction of sp³-hybridized carbons (Fsp3) is 0.133. The molecule has 2 rings (SSSR count). The maximum absolute atomic E-state index is 11.8. The summed E-state index contributed by atoms with van der Waals surface area (Å²) in [4.78, 5) is 12.9. The first-order chi connectivity index (χ1) is 8.66. The number of nitrogens with one attached hydrogen (secondary N) is 1. The maximum Gasteiger partial charge on any atom is 0.248 e. The summed E-state index contributed by atoms with van der Waals surface area (Å²) in [6.07, 6.45) is 3.39. The van der Waals surface area contributed by atoms with Crippen LogP contribution in [0.3, 0.4) is 0 Å². The van der Waals surface area contributed by atoms with Gasteiger partial charge in [0, 0.05) is 16.6 Å². The molecule has 0 aliphatic rings. The van der Waals surface area contributed by atoms with Crippen molar-refractivity contribution in [3.63, 3.8) is 0 Å². The lowest BCUT2D eigenvalue weighted by Crippen LogP contribution is -2.10. The molecule has 2 aromatic rings. The summed E-state index contributed by atoms with van der Waals surface area (Å²) in [5.74, 6) is -0.0965. The van der Waals surface area contributed by atoms with Crippen molar-refractivity contribution in [1.29, 1.82) is 0 Å². The Morgan fingerprint density at radius 3 is 2.50 bits per heavy atom. The number of benzene rings is 1. The molecule has 1 N–H and O–H groups in total. The molecule has 0 unspecified atom stereocenters. The number of amides is 1. The van der Waals surface area contributed by atoms with Gasteiger partial charge in [0.15, 0.2) is 0 Å². The minimum absolute atomic E-state index is 0.0965. The van der Waals surface area contributed by atoms with Crippen molar-refractivity contribution in [1.82, 2.24) is 0 Å². The van der Waals surface area contributed by atoms with E-state index >= 15 is 0 Å². The van der Waals surface area contributed by atoms with Gasteiger partial charge < -0.3 is 5.32 Å². The van der Waals surface area contributed by atoms with Gasteiger partial charge in [-0.2, -0.15) is 0 Å². The second-order valence-corrected chi connectivity index (χ2v) is 5.08. The number of aryl methyl sites for hydroxylation is 2. The van der Waals surface area contributed by atoms with E-state index in [1.54, 1.807) is 17.4 Å². The van der Waals surface area contributed by atoms with E-state index in [1.165, 1.54) is 0 Å². The van der Waals surface area contributed by atoms with Gasteiger partial charge in [0.05, 0.1) is 0 Å². The van der Waals surface area contributed by atoms with Crippen LogP contribution >= 0.6 is 11.3 Å². The van der Waals surface area contributed by atoms with Crippen molar-refractivity contribution in [3.8, 4) is 0 Å². The zero-order chi connectivity index (χ0) is 13.0. The Bertz CT molecular complexity index is 550. The number of carbonyl (C=O) groups excluding carboxylic acids is 1. The molecule has 3 heteroatoms. The molecule has 92 valence electrons. The molecule has 0 fully saturated rings. The van der Waals surface area contributed by atoms with Crippen molar-refractivity contribution in [2.45, 2.75) is 13.8 Å². The van der Waals surface area contributed by atoms with Gasteiger partial charge in [-0.3, -0.25) is 4.79 Å². The lowest BCUT2D eigenvalue weighted by atomic mass is 10.1. The molecule has 2 nitrogen and oxygen atoms in total. The Labute approximate surface area is 111 Å². The van der Waals surface area contributed by atoms with E-state index in [4.69, 9.17) is 0 Å². The average Bonchev–Trinajstić information content (AvgIpc) is 2.84. The highest BCUT2D eigenvalue weighted by atomic mass is 32.1. The largest absolute Gasteiger partial charge is 0.322 e. The molecule has 0 bridgehead atoms. The second-order valence-electron chi connectivity index (χ2n) is 4.10. The lowest BCUT2D eigenvalue weighted by Gasteiger charge is -2.09. The highest BCUT2D eigenvalue weighted by Gasteiger charge is 2.04. The summed E-state index contributed by atoms with van der Waals surface area (Å²) in [6.45, 7) is 3.98. The maximum atomic E-state index is 11.8. The average molecular weight is 257 g/mol. The predicted octanol–water partition coefficient (Wildman–Crippen LogP) is 4.02. The molecule has 1 aromatic heterocycles. The van der Waals surface area contributed by atoms with Crippen LogP contribution < -0.4 is 5.32 Å². The molecule has 0 saturated carbocycles. The molecular formula is C15H15NOS. The molecule has 1 amide bonds. The van der Waals surface area contributed by atoms with E-state index in [2.05, 4.69) is 5.32 Å². The number of rotatable bonds is 3. The Kier molecular flexibility index (Phi) is 3.95. The van der Waals surface area contributed by atoms with Crippen molar-refractivity contribution in [2.75, 3.05) is 5.32 Å². The molecule has 1 heterocycles. The van der Waals surface area contributed by atoms with Gasteiger partial charge in [0.1, 0.15) is 0 Å². The number of thiophene rings is 1. The Morgan fingerprint density at radius 1 is 1.17 bits per heavy atom. The molecule has 0 aliphatic carbocycles. The van der Waals surface area contributed by atoms with Crippen LogP contribution in [0.1, 0.15) is 16.0 Å². The fourth-order valence-corrected chi connectivity index (χ4v) is 2.34. The number of hydrogen-bond donors (Lipinski definition) is 1. The van der Waals surface area contributed by atoms with Crippen LogP contribution in [0.15, 0.2) is 41.8 Å². The molecule has 18 heavy (non-hydrogen) atoms. The van der Waals surface area contributed by atoms with Crippen molar-refractivity contribution >= 4 is 29.0 Å². The summed E-state index contributed by atoms with van der Waals surface area (Å²) < 4.78 is 0. The van der Waals surface area contributed by atoms with Crippen LogP contribution in [0.2, 0.25) is 0 Å². The van der Waals surface area contributed by atoms with Crippen molar-refractivity contribution < 1.29 is 4.79 Å². The van der Waals surface area contributed by atoms with E-state index in [-0.39, 0.29) is 5.91 Å². The van der Waals surface area contributed by atoms with Crippen LogP contribution in [0.5, 0.6) is 0 Å². The zero-order valence-electron chi connectivity index (χ0n) is 10.4. The van der Waals surface area contributed by atoms with Gasteiger partial charge in [0.2, 0.25) is 5.91 Å². The molecule has 0 spiro atoms. The summed E-state index contributed by atoms with van der Waals surface area (Å²) in [6, 6.07) is 9.92. The normalized spacial score (nSPS) is 10.8. The Morgan fingerprint density at radius 2 is 1.89 bits per heavy atom. The van der Waals surface area contributed by atoms with Crippen molar-refractivity contribution in [2.24, 2.45) is 0 Å². The number of anilines is 1. The van der Waals surface area contributed by atoms with E-state index in [9.17, 15) is 4.79 Å². The molecule has 0 radical (unpaired) electrons. The van der Waals surface area contributed by atoms with Crippen LogP contribution in [0, 0.1) is 13.8 Å². The Balaban J connectivity index is 2.08. The van der Waals surface area contributed by atoms with Crippen LogP contribution in [0.25, 0.3) is 6.08 Å². The van der Waals surface area contributed by atoms with Gasteiger partial charge in [-0.05, 0) is 42.5 Å². The third kappa shape index (κ3) is 3.08. The molecule has 0 saturated heterocycles. The van der Waals surface area contributed by atoms with Crippen LogP contribution in [-0.4, -0.2) is 5.91 Å². The van der Waals surface area contributed by atoms with E-state index < -0.39 is 0 Å². The highest BCUT2D eigenvalue weighted by molar-refractivity contribution is 7.10. The van der Waals surface area contributed by atoms with Gasteiger partial charge in [0.25, 0.3) is 0 Å². The van der Waals surface area contributed by atoms with E-state index in [0.717, 1.165) is 21.7 Å². The van der Waals surface area contributed by atoms with E-state index in [0.29, 0.717) is 0 Å². The van der Waals surface area contributed by atoms with Gasteiger partial charge >= 0.3 is 0 Å². The summed E-state index contributed by atoms with van der Waals surface area (Å²) in [5.41, 5.74) is 3.05. The summed E-state index contributed by atoms with van der Waals surface area (Å²) >= 11 is 1.61. The number of hydrogen-bond acceptors (Lipinski definition) is 2. The van der Waals surface area contributed by atoms with E-state index in [1.807, 2.05) is 55.6 Å². The topological polar surface area (TPSA) is 29.1 Å². The van der Waals surface area contributed by atoms with Crippen LogP contribution in [0.4, 0.5) is 5.69 Å². The zero-order valence-corrected chi connectivity index (χ0v) is 11.3. The minimum Gasteiger partial charge on any atom is -0.322 e. The monoisotopic (exact) mass is 257 g/mol. The predicted molar refractivity (Wildman–Crippen MR) is 77.9 cm³/mol. The Hall–Kier alpha value is -1.87. The van der Waals surface area contributed by atoms with Crippen molar-refractivity contribution in [3.05, 3.63) is 57.8 Å². The first-order valence-corrected chi connectivity index (χ1v) is 6.63. The van der Waals surface area contributed by atoms with Crippen LogP contribution in [-0.2, 0) is 4.79 Å². The molecule has 1 aromatic carbocycles. The standard InChI is InChI=1S/C15H15NOS/c1-11-5-3-6-12(2)15(11)16-14(17)9-8-13-7-4-10-18-13/h3-10H,1-2H3,(H,16,17). The van der Waals surface area contributed by atoms with Gasteiger partial charge in [-0.1, -0.05) is 24.3 Å². The smallest absolute Gasteiger partial charge is 0.248 e. The summed E-state index contributed by atoms with van der Waals surface area (Å²) in [7, 11) is 0. The third-order valence-electron chi connectivity index (χ3n) is 2.67. The summed E-state index contributed by atoms with van der Waals surface area (Å²) in [5, 5.41) is 4.91. The minimum atomic E-state index is -0.0965. The molecular weight excluding hydrogens is 242 g/mol. The first kappa shape index (κ1) is 12.6. The van der Waals surface area contributed by atoms with Gasteiger partial charge in [-0.25, -0.2) is 0 Å². The lowest BCUT2D eigenvalue weighted by molar-refractivity contribution is -0.111. The SMILES string of the molecule is Cc1cccc(C)c1NC(=O)C=Cc1cccs1. The highest BCUT2D eigenvalue weighted by Crippen LogP contribution is 2.19. The number of para-hydroxylation sites is 1. The third-order valence-corrected chi connectivity index (χ3v) is 3.51.